The summed E-state index contributed by atoms with van der Waals surface area (Å²) in [4.78, 5) is 36.3. The molecule has 4 rings (SSSR count). The lowest BCUT2D eigenvalue weighted by atomic mass is 9.37. The van der Waals surface area contributed by atoms with Crippen molar-refractivity contribution in [3.63, 3.8) is 0 Å². The van der Waals surface area contributed by atoms with Crippen molar-refractivity contribution in [3.05, 3.63) is 11.6 Å². The molecule has 3 aliphatic carbocycles. The van der Waals surface area contributed by atoms with E-state index in [-0.39, 0.29) is 33.7 Å². The zero-order chi connectivity index (χ0) is 24.4. The molecule has 1 N–H and O–H groups in total. The Morgan fingerprint density at radius 2 is 1.70 bits per heavy atom. The highest BCUT2D eigenvalue weighted by Crippen LogP contribution is 2.71. The first-order valence-electron chi connectivity index (χ1n) is 12.5. The quantitative estimate of drug-likeness (QED) is 0.374. The highest BCUT2D eigenvalue weighted by atomic mass is 16.6. The molecule has 0 unspecified atom stereocenters. The number of aliphatic hydroxyl groups is 1. The SMILES string of the molecule is CC(=O)O[C@H]1C[C@@H]2[C@@]3(C)CCCC(C)(C)[C@@H]3CC[C@@]2(C)[C@@H]2C[C@H](O)/C(=C/C=O)C(=O)O[C@@]12C. The molecule has 8 atom stereocenters. The van der Waals surface area contributed by atoms with E-state index in [4.69, 9.17) is 9.47 Å². The second-order valence-corrected chi connectivity index (χ2v) is 12.5. The standard InChI is InChI=1S/C27H40O6/c1-16(29)32-22-15-20-25(4)11-7-10-24(2,3)19(25)8-12-26(20,5)21-14-18(30)17(9-13-28)23(31)33-27(21,22)6/h9,13,18-22,30H,7-8,10-12,14-15H2,1-6H3/b17-9-/t18-,19-,20+,21-,22-,25-,26+,27+/m0/s1. The Morgan fingerprint density at radius 3 is 2.33 bits per heavy atom. The molecule has 0 spiro atoms. The van der Waals surface area contributed by atoms with Gasteiger partial charge in [-0.25, -0.2) is 4.79 Å². The van der Waals surface area contributed by atoms with Crippen LogP contribution in [0.15, 0.2) is 11.6 Å². The Labute approximate surface area is 197 Å². The number of carbonyl (C=O) groups is 3. The van der Waals surface area contributed by atoms with Crippen LogP contribution in [-0.4, -0.2) is 41.1 Å². The van der Waals surface area contributed by atoms with Gasteiger partial charge in [0, 0.05) is 12.8 Å². The molecule has 0 aromatic carbocycles. The molecule has 1 heterocycles. The van der Waals surface area contributed by atoms with Crippen LogP contribution >= 0.6 is 0 Å². The molecule has 6 heteroatoms. The largest absolute Gasteiger partial charge is 0.458 e. The lowest BCUT2D eigenvalue weighted by Crippen LogP contribution is -2.68. The van der Waals surface area contributed by atoms with Gasteiger partial charge in [-0.3, -0.25) is 9.59 Å². The van der Waals surface area contributed by atoms with Gasteiger partial charge in [-0.05, 0) is 79.6 Å². The zero-order valence-corrected chi connectivity index (χ0v) is 21.0. The normalized spacial score (nSPS) is 47.9. The predicted octanol–water partition coefficient (Wildman–Crippen LogP) is 4.38. The zero-order valence-electron chi connectivity index (χ0n) is 21.0. The molecule has 1 aliphatic heterocycles. The van der Waals surface area contributed by atoms with Crippen molar-refractivity contribution < 1.29 is 29.0 Å². The minimum absolute atomic E-state index is 0.0129. The van der Waals surface area contributed by atoms with Crippen molar-refractivity contribution in [1.29, 1.82) is 0 Å². The fraction of sp³-hybridized carbons (Fsp3) is 0.815. The van der Waals surface area contributed by atoms with Crippen LogP contribution in [0.5, 0.6) is 0 Å². The Bertz CT molecular complexity index is 876. The smallest absolute Gasteiger partial charge is 0.337 e. The van der Waals surface area contributed by atoms with Crippen molar-refractivity contribution in [3.8, 4) is 0 Å². The van der Waals surface area contributed by atoms with Crippen LogP contribution in [-0.2, 0) is 23.9 Å². The van der Waals surface area contributed by atoms with E-state index in [1.807, 2.05) is 6.92 Å². The number of ether oxygens (including phenoxy) is 2. The van der Waals surface area contributed by atoms with Gasteiger partial charge < -0.3 is 14.6 Å². The number of aldehydes is 1. The summed E-state index contributed by atoms with van der Waals surface area (Å²) in [7, 11) is 0. The first-order valence-corrected chi connectivity index (χ1v) is 12.5. The molecule has 1 saturated heterocycles. The van der Waals surface area contributed by atoms with Gasteiger partial charge in [-0.1, -0.05) is 34.1 Å². The summed E-state index contributed by atoms with van der Waals surface area (Å²) >= 11 is 0. The van der Waals surface area contributed by atoms with Gasteiger partial charge in [-0.2, -0.15) is 0 Å². The first kappa shape index (κ1) is 24.4. The molecule has 6 nitrogen and oxygen atoms in total. The van der Waals surface area contributed by atoms with Crippen LogP contribution in [0.4, 0.5) is 0 Å². The maximum atomic E-state index is 13.0. The number of aliphatic hydroxyl groups excluding tert-OH is 1. The highest BCUT2D eigenvalue weighted by Gasteiger charge is 2.69. The fourth-order valence-corrected chi connectivity index (χ4v) is 8.97. The van der Waals surface area contributed by atoms with E-state index < -0.39 is 29.7 Å². The van der Waals surface area contributed by atoms with E-state index in [1.165, 1.54) is 19.8 Å². The molecule has 33 heavy (non-hydrogen) atoms. The van der Waals surface area contributed by atoms with Crippen molar-refractivity contribution in [1.82, 2.24) is 0 Å². The Morgan fingerprint density at radius 1 is 1.03 bits per heavy atom. The second kappa shape index (κ2) is 7.93. The Hall–Kier alpha value is -1.69. The maximum absolute atomic E-state index is 13.0. The molecule has 4 fully saturated rings. The monoisotopic (exact) mass is 460 g/mol. The van der Waals surface area contributed by atoms with Gasteiger partial charge in [0.2, 0.25) is 0 Å². The topological polar surface area (TPSA) is 89.9 Å². The Kier molecular flexibility index (Phi) is 5.87. The molecular formula is C27H40O6. The molecule has 0 aromatic rings. The summed E-state index contributed by atoms with van der Waals surface area (Å²) in [6.45, 7) is 12.8. The minimum atomic E-state index is -1.09. The Balaban J connectivity index is 1.84. The summed E-state index contributed by atoms with van der Waals surface area (Å²) in [6.07, 6.45) is 6.50. The van der Waals surface area contributed by atoms with E-state index in [9.17, 15) is 19.5 Å². The fourth-order valence-electron chi connectivity index (χ4n) is 8.97. The number of hydrogen-bond donors (Lipinski definition) is 1. The third-order valence-electron chi connectivity index (χ3n) is 10.3. The van der Waals surface area contributed by atoms with Crippen LogP contribution in [0, 0.1) is 34.0 Å². The summed E-state index contributed by atoms with van der Waals surface area (Å²) < 4.78 is 12.0. The molecule has 184 valence electrons. The lowest BCUT2D eigenvalue weighted by Gasteiger charge is -2.68. The number of rotatable bonds is 2. The van der Waals surface area contributed by atoms with Crippen LogP contribution in [0.2, 0.25) is 0 Å². The van der Waals surface area contributed by atoms with Crippen molar-refractivity contribution in [2.24, 2.45) is 34.0 Å². The van der Waals surface area contributed by atoms with Crippen LogP contribution < -0.4 is 0 Å². The van der Waals surface area contributed by atoms with E-state index >= 15 is 0 Å². The van der Waals surface area contributed by atoms with Gasteiger partial charge in [0.25, 0.3) is 0 Å². The first-order chi connectivity index (χ1) is 15.3. The summed E-state index contributed by atoms with van der Waals surface area (Å²) in [5.74, 6) is -0.448. The van der Waals surface area contributed by atoms with Crippen LogP contribution in [0.25, 0.3) is 0 Å². The van der Waals surface area contributed by atoms with Crippen LogP contribution in [0.3, 0.4) is 0 Å². The van der Waals surface area contributed by atoms with Gasteiger partial charge in [-0.15, -0.1) is 0 Å². The van der Waals surface area contributed by atoms with Gasteiger partial charge in [0.1, 0.15) is 18.0 Å². The summed E-state index contributed by atoms with van der Waals surface area (Å²) in [5, 5.41) is 11.0. The number of hydrogen-bond acceptors (Lipinski definition) is 6. The van der Waals surface area contributed by atoms with Crippen molar-refractivity contribution in [2.45, 2.75) is 104 Å². The highest BCUT2D eigenvalue weighted by molar-refractivity contribution is 5.94. The predicted molar refractivity (Wildman–Crippen MR) is 123 cm³/mol. The van der Waals surface area contributed by atoms with Crippen LogP contribution in [0.1, 0.15) is 86.5 Å². The number of allylic oxidation sites excluding steroid dienone is 1. The summed E-state index contributed by atoms with van der Waals surface area (Å²) in [5.41, 5.74) is -0.942. The average molecular weight is 461 g/mol. The molecule has 0 aromatic heterocycles. The van der Waals surface area contributed by atoms with E-state index in [0.717, 1.165) is 25.3 Å². The molecule has 4 aliphatic rings. The van der Waals surface area contributed by atoms with Crippen molar-refractivity contribution >= 4 is 18.2 Å². The molecule has 0 amide bonds. The van der Waals surface area contributed by atoms with E-state index in [2.05, 4.69) is 27.7 Å². The third-order valence-corrected chi connectivity index (χ3v) is 10.3. The third kappa shape index (κ3) is 3.59. The molecule has 3 saturated carbocycles. The molecule has 0 radical (unpaired) electrons. The van der Waals surface area contributed by atoms with Gasteiger partial charge >= 0.3 is 11.9 Å². The number of fused-ring (bicyclic) bond motifs is 5. The second-order valence-electron chi connectivity index (χ2n) is 12.5. The average Bonchev–Trinajstić information content (AvgIpc) is 2.79. The van der Waals surface area contributed by atoms with E-state index in [0.29, 0.717) is 25.0 Å². The maximum Gasteiger partial charge on any atom is 0.337 e. The van der Waals surface area contributed by atoms with Gasteiger partial charge in [0.05, 0.1) is 11.7 Å². The summed E-state index contributed by atoms with van der Waals surface area (Å²) in [6, 6.07) is 0. The minimum Gasteiger partial charge on any atom is -0.458 e. The lowest BCUT2D eigenvalue weighted by molar-refractivity contribution is -0.258. The molecule has 0 bridgehead atoms. The van der Waals surface area contributed by atoms with Gasteiger partial charge in [0.15, 0.2) is 0 Å². The number of esters is 2. The molecular weight excluding hydrogens is 420 g/mol. The van der Waals surface area contributed by atoms with Crippen molar-refractivity contribution in [2.75, 3.05) is 0 Å². The van der Waals surface area contributed by atoms with E-state index in [1.54, 1.807) is 0 Å². The number of carbonyl (C=O) groups excluding carboxylic acids is 3.